The molecule has 0 N–H and O–H groups in total. The Morgan fingerprint density at radius 2 is 2.05 bits per heavy atom. The van der Waals surface area contributed by atoms with Gasteiger partial charge in [-0.1, -0.05) is 13.0 Å². The second-order valence-electron chi connectivity index (χ2n) is 4.26. The van der Waals surface area contributed by atoms with Crippen molar-refractivity contribution in [1.29, 1.82) is 0 Å². The SMILES string of the molecule is CCN(CCC(=O)OC)S(=O)(=O)c1cc(C)ccc1F. The van der Waals surface area contributed by atoms with Crippen molar-refractivity contribution in [2.24, 2.45) is 0 Å². The molecule has 0 amide bonds. The van der Waals surface area contributed by atoms with Crippen LogP contribution in [0.3, 0.4) is 0 Å². The van der Waals surface area contributed by atoms with Crippen LogP contribution < -0.4 is 0 Å². The molecule has 0 atom stereocenters. The molecule has 0 bridgehead atoms. The number of halogens is 1. The van der Waals surface area contributed by atoms with Crippen LogP contribution in [-0.4, -0.2) is 38.9 Å². The molecule has 0 aliphatic heterocycles. The lowest BCUT2D eigenvalue weighted by Gasteiger charge is -2.20. The molecule has 0 unspecified atom stereocenters. The van der Waals surface area contributed by atoms with Crippen LogP contribution in [0, 0.1) is 12.7 Å². The number of esters is 1. The van der Waals surface area contributed by atoms with E-state index in [9.17, 15) is 17.6 Å². The van der Waals surface area contributed by atoms with Crippen molar-refractivity contribution in [3.05, 3.63) is 29.6 Å². The Bertz CT molecular complexity index is 586. The lowest BCUT2D eigenvalue weighted by atomic mass is 10.2. The average Bonchev–Trinajstić information content (AvgIpc) is 2.41. The summed E-state index contributed by atoms with van der Waals surface area (Å²) in [6, 6.07) is 3.90. The Morgan fingerprint density at radius 1 is 1.40 bits per heavy atom. The quantitative estimate of drug-likeness (QED) is 0.751. The largest absolute Gasteiger partial charge is 0.469 e. The summed E-state index contributed by atoms with van der Waals surface area (Å²) in [5, 5.41) is 0. The van der Waals surface area contributed by atoms with Gasteiger partial charge in [-0.2, -0.15) is 4.31 Å². The third kappa shape index (κ3) is 3.77. The van der Waals surface area contributed by atoms with E-state index in [2.05, 4.69) is 4.74 Å². The second-order valence-corrected chi connectivity index (χ2v) is 6.16. The van der Waals surface area contributed by atoms with Crippen LogP contribution >= 0.6 is 0 Å². The fourth-order valence-corrected chi connectivity index (χ4v) is 3.31. The highest BCUT2D eigenvalue weighted by Gasteiger charge is 2.26. The average molecular weight is 303 g/mol. The molecule has 1 aromatic carbocycles. The third-order valence-corrected chi connectivity index (χ3v) is 4.84. The summed E-state index contributed by atoms with van der Waals surface area (Å²) in [4.78, 5) is 10.7. The molecule has 1 aromatic rings. The molecule has 5 nitrogen and oxygen atoms in total. The lowest BCUT2D eigenvalue weighted by molar-refractivity contribution is -0.140. The summed E-state index contributed by atoms with van der Waals surface area (Å²) in [5.41, 5.74) is 0.647. The van der Waals surface area contributed by atoms with Crippen LogP contribution in [0.1, 0.15) is 18.9 Å². The number of hydrogen-bond donors (Lipinski definition) is 0. The highest BCUT2D eigenvalue weighted by atomic mass is 32.2. The topological polar surface area (TPSA) is 63.7 Å². The van der Waals surface area contributed by atoms with Crippen LogP contribution in [0.5, 0.6) is 0 Å². The Morgan fingerprint density at radius 3 is 2.60 bits per heavy atom. The molecular formula is C13H18FNO4S. The summed E-state index contributed by atoms with van der Waals surface area (Å²) in [6.45, 7) is 3.41. The smallest absolute Gasteiger partial charge is 0.306 e. The van der Waals surface area contributed by atoms with E-state index >= 15 is 0 Å². The summed E-state index contributed by atoms with van der Waals surface area (Å²) < 4.78 is 44.0. The molecule has 0 heterocycles. The first-order valence-electron chi connectivity index (χ1n) is 6.16. The Balaban J connectivity index is 3.06. The molecule has 0 radical (unpaired) electrons. The number of benzene rings is 1. The van der Waals surface area contributed by atoms with Crippen LogP contribution in [0.15, 0.2) is 23.1 Å². The zero-order valence-corrected chi connectivity index (χ0v) is 12.5. The highest BCUT2D eigenvalue weighted by Crippen LogP contribution is 2.20. The van der Waals surface area contributed by atoms with E-state index in [1.165, 1.54) is 19.2 Å². The van der Waals surface area contributed by atoms with Crippen molar-refractivity contribution in [3.8, 4) is 0 Å². The summed E-state index contributed by atoms with van der Waals surface area (Å²) in [6.07, 6.45) is -0.0724. The maximum absolute atomic E-state index is 13.7. The molecule has 0 aliphatic rings. The van der Waals surface area contributed by atoms with Gasteiger partial charge in [-0.25, -0.2) is 12.8 Å². The van der Waals surface area contributed by atoms with Gasteiger partial charge in [-0.15, -0.1) is 0 Å². The van der Waals surface area contributed by atoms with E-state index in [0.29, 0.717) is 5.56 Å². The van der Waals surface area contributed by atoms with E-state index in [1.807, 2.05) is 0 Å². The van der Waals surface area contributed by atoms with Gasteiger partial charge in [-0.05, 0) is 24.6 Å². The Hall–Kier alpha value is -1.47. The van der Waals surface area contributed by atoms with Crippen molar-refractivity contribution in [2.75, 3.05) is 20.2 Å². The normalized spacial score (nSPS) is 11.7. The number of carbonyl (C=O) groups excluding carboxylic acids is 1. The molecule has 20 heavy (non-hydrogen) atoms. The van der Waals surface area contributed by atoms with Gasteiger partial charge in [0.1, 0.15) is 10.7 Å². The van der Waals surface area contributed by atoms with Gasteiger partial charge in [0.05, 0.1) is 13.5 Å². The van der Waals surface area contributed by atoms with Crippen molar-refractivity contribution in [3.63, 3.8) is 0 Å². The predicted molar refractivity (Wildman–Crippen MR) is 72.2 cm³/mol. The van der Waals surface area contributed by atoms with Crippen molar-refractivity contribution in [2.45, 2.75) is 25.2 Å². The van der Waals surface area contributed by atoms with Crippen LogP contribution in [0.2, 0.25) is 0 Å². The molecule has 112 valence electrons. The second kappa shape index (κ2) is 6.81. The van der Waals surface area contributed by atoms with E-state index < -0.39 is 21.8 Å². The number of sulfonamides is 1. The van der Waals surface area contributed by atoms with Crippen LogP contribution in [-0.2, 0) is 19.6 Å². The first-order chi connectivity index (χ1) is 9.32. The summed E-state index contributed by atoms with van der Waals surface area (Å²) in [5.74, 6) is -1.31. The molecular weight excluding hydrogens is 285 g/mol. The molecule has 0 fully saturated rings. The predicted octanol–water partition coefficient (Wildman–Crippen LogP) is 1.71. The number of aryl methyl sites for hydroxylation is 1. The molecule has 1 rings (SSSR count). The zero-order valence-electron chi connectivity index (χ0n) is 11.7. The zero-order chi connectivity index (χ0) is 15.3. The first kappa shape index (κ1) is 16.6. The summed E-state index contributed by atoms with van der Waals surface area (Å²) >= 11 is 0. The minimum atomic E-state index is -3.96. The van der Waals surface area contributed by atoms with Gasteiger partial charge in [-0.3, -0.25) is 4.79 Å². The molecule has 0 saturated heterocycles. The fraction of sp³-hybridized carbons (Fsp3) is 0.462. The van der Waals surface area contributed by atoms with Gasteiger partial charge >= 0.3 is 5.97 Å². The van der Waals surface area contributed by atoms with Crippen molar-refractivity contribution >= 4 is 16.0 Å². The highest BCUT2D eigenvalue weighted by molar-refractivity contribution is 7.89. The molecule has 0 aliphatic carbocycles. The van der Waals surface area contributed by atoms with Gasteiger partial charge in [0.25, 0.3) is 0 Å². The Kier molecular flexibility index (Phi) is 5.64. The van der Waals surface area contributed by atoms with E-state index in [4.69, 9.17) is 0 Å². The molecule has 7 heteroatoms. The minimum Gasteiger partial charge on any atom is -0.469 e. The number of hydrogen-bond acceptors (Lipinski definition) is 4. The lowest BCUT2D eigenvalue weighted by Crippen LogP contribution is -2.33. The fourth-order valence-electron chi connectivity index (χ4n) is 1.71. The maximum atomic E-state index is 13.7. The maximum Gasteiger partial charge on any atom is 0.306 e. The van der Waals surface area contributed by atoms with Gasteiger partial charge < -0.3 is 4.74 Å². The third-order valence-electron chi connectivity index (χ3n) is 2.85. The summed E-state index contributed by atoms with van der Waals surface area (Å²) in [7, 11) is -2.73. The van der Waals surface area contributed by atoms with Crippen molar-refractivity contribution < 1.29 is 22.3 Å². The Labute approximate surface area is 118 Å². The van der Waals surface area contributed by atoms with Gasteiger partial charge in [0.15, 0.2) is 0 Å². The number of carbonyl (C=O) groups is 1. The number of methoxy groups -OCH3 is 1. The monoisotopic (exact) mass is 303 g/mol. The van der Waals surface area contributed by atoms with Crippen LogP contribution in [0.4, 0.5) is 4.39 Å². The first-order valence-corrected chi connectivity index (χ1v) is 7.60. The van der Waals surface area contributed by atoms with E-state index in [0.717, 1.165) is 10.4 Å². The number of nitrogens with zero attached hydrogens (tertiary/aromatic N) is 1. The van der Waals surface area contributed by atoms with Gasteiger partial charge in [0.2, 0.25) is 10.0 Å². The minimum absolute atomic E-state index is 0.0428. The van der Waals surface area contributed by atoms with Crippen LogP contribution in [0.25, 0.3) is 0 Å². The molecule has 0 aromatic heterocycles. The molecule has 0 spiro atoms. The van der Waals surface area contributed by atoms with Crippen molar-refractivity contribution in [1.82, 2.24) is 4.31 Å². The number of rotatable bonds is 6. The van der Waals surface area contributed by atoms with Gasteiger partial charge in [0, 0.05) is 13.1 Å². The standard InChI is InChI=1S/C13H18FNO4S/c1-4-15(8-7-13(16)19-3)20(17,18)12-9-10(2)5-6-11(12)14/h5-6,9H,4,7-8H2,1-3H3. The van der Waals surface area contributed by atoms with E-state index in [-0.39, 0.29) is 24.4 Å². The van der Waals surface area contributed by atoms with E-state index in [1.54, 1.807) is 13.8 Å². The number of ether oxygens (including phenoxy) is 1. The molecule has 0 saturated carbocycles.